The maximum atomic E-state index is 12.5. The number of esters is 1. The highest BCUT2D eigenvalue weighted by Gasteiger charge is 2.21. The molecule has 0 saturated carbocycles. The van der Waals surface area contributed by atoms with Crippen LogP contribution in [0.2, 0.25) is 0 Å². The van der Waals surface area contributed by atoms with E-state index in [9.17, 15) is 4.79 Å². The lowest BCUT2D eigenvalue weighted by atomic mass is 10.0. The fourth-order valence-corrected chi connectivity index (χ4v) is 4.17. The van der Waals surface area contributed by atoms with Crippen molar-refractivity contribution >= 4 is 27.8 Å². The van der Waals surface area contributed by atoms with E-state index in [0.717, 1.165) is 73.3 Å². The normalized spacial score (nSPS) is 15.0. The van der Waals surface area contributed by atoms with Gasteiger partial charge in [-0.05, 0) is 18.6 Å². The van der Waals surface area contributed by atoms with Gasteiger partial charge in [-0.2, -0.15) is 0 Å². The van der Waals surface area contributed by atoms with Crippen molar-refractivity contribution in [3.63, 3.8) is 0 Å². The first-order chi connectivity index (χ1) is 15.2. The van der Waals surface area contributed by atoms with Crippen molar-refractivity contribution in [1.82, 2.24) is 20.2 Å². The van der Waals surface area contributed by atoms with Crippen molar-refractivity contribution in [2.45, 2.75) is 20.1 Å². The molecule has 3 heterocycles. The van der Waals surface area contributed by atoms with Crippen LogP contribution in [-0.2, 0) is 27.4 Å². The highest BCUT2D eigenvalue weighted by atomic mass is 16.5. The first-order valence-electron chi connectivity index (χ1n) is 10.8. The van der Waals surface area contributed by atoms with Crippen molar-refractivity contribution < 1.29 is 19.0 Å². The van der Waals surface area contributed by atoms with Crippen LogP contribution < -0.4 is 5.32 Å². The van der Waals surface area contributed by atoms with Crippen LogP contribution in [0.15, 0.2) is 24.4 Å². The number of hydrogen-bond acceptors (Lipinski definition) is 7. The molecule has 2 aromatic heterocycles. The SMILES string of the molecule is CCOC(=O)c1ncc2[nH]c3cccc(CNCCN4CCOCC4)c3c2c1COC. The van der Waals surface area contributed by atoms with Gasteiger partial charge in [-0.1, -0.05) is 12.1 Å². The Hall–Kier alpha value is -2.52. The van der Waals surface area contributed by atoms with Crippen LogP contribution >= 0.6 is 0 Å². The van der Waals surface area contributed by atoms with Gasteiger partial charge in [-0.3, -0.25) is 4.90 Å². The number of ether oxygens (including phenoxy) is 3. The zero-order chi connectivity index (χ0) is 21.6. The molecule has 1 saturated heterocycles. The van der Waals surface area contributed by atoms with E-state index in [1.54, 1.807) is 20.2 Å². The predicted octanol–water partition coefficient (Wildman–Crippen LogP) is 2.46. The van der Waals surface area contributed by atoms with Crippen molar-refractivity contribution in [2.24, 2.45) is 0 Å². The van der Waals surface area contributed by atoms with E-state index in [1.807, 2.05) is 12.1 Å². The number of nitrogens with zero attached hydrogens (tertiary/aromatic N) is 2. The predicted molar refractivity (Wildman–Crippen MR) is 119 cm³/mol. The number of methoxy groups -OCH3 is 1. The van der Waals surface area contributed by atoms with Gasteiger partial charge in [0.15, 0.2) is 5.69 Å². The third-order valence-corrected chi connectivity index (χ3v) is 5.63. The minimum Gasteiger partial charge on any atom is -0.461 e. The van der Waals surface area contributed by atoms with Crippen LogP contribution in [0.5, 0.6) is 0 Å². The fraction of sp³-hybridized carbons (Fsp3) is 0.478. The Labute approximate surface area is 181 Å². The van der Waals surface area contributed by atoms with Gasteiger partial charge in [-0.15, -0.1) is 0 Å². The molecule has 1 aliphatic heterocycles. The highest BCUT2D eigenvalue weighted by molar-refractivity contribution is 6.12. The summed E-state index contributed by atoms with van der Waals surface area (Å²) < 4.78 is 16.1. The number of pyridine rings is 1. The molecule has 0 radical (unpaired) electrons. The molecule has 1 aromatic carbocycles. The van der Waals surface area contributed by atoms with Gasteiger partial charge in [0, 0.05) is 61.7 Å². The molecule has 166 valence electrons. The van der Waals surface area contributed by atoms with E-state index in [4.69, 9.17) is 14.2 Å². The topological polar surface area (TPSA) is 88.7 Å². The molecule has 31 heavy (non-hydrogen) atoms. The van der Waals surface area contributed by atoms with E-state index >= 15 is 0 Å². The summed E-state index contributed by atoms with van der Waals surface area (Å²) in [6.07, 6.45) is 1.70. The Bertz CT molecular complexity index is 1040. The average Bonchev–Trinajstić information content (AvgIpc) is 3.18. The van der Waals surface area contributed by atoms with E-state index < -0.39 is 5.97 Å². The molecule has 0 unspecified atom stereocenters. The van der Waals surface area contributed by atoms with Gasteiger partial charge in [0.2, 0.25) is 0 Å². The number of H-pyrrole nitrogens is 1. The summed E-state index contributed by atoms with van der Waals surface area (Å²) in [5, 5.41) is 5.64. The van der Waals surface area contributed by atoms with Gasteiger partial charge in [0.1, 0.15) is 0 Å². The molecule has 2 N–H and O–H groups in total. The van der Waals surface area contributed by atoms with Crippen molar-refractivity contribution in [3.8, 4) is 0 Å². The van der Waals surface area contributed by atoms with Gasteiger partial charge in [-0.25, -0.2) is 9.78 Å². The average molecular weight is 427 g/mol. The third kappa shape index (κ3) is 4.72. The molecule has 0 bridgehead atoms. The summed E-state index contributed by atoms with van der Waals surface area (Å²) in [5.41, 5.74) is 4.14. The van der Waals surface area contributed by atoms with Gasteiger partial charge in [0.25, 0.3) is 0 Å². The number of carbonyl (C=O) groups excluding carboxylic acids is 1. The van der Waals surface area contributed by atoms with Gasteiger partial charge >= 0.3 is 5.97 Å². The monoisotopic (exact) mass is 426 g/mol. The van der Waals surface area contributed by atoms with Crippen LogP contribution in [0.1, 0.15) is 28.5 Å². The van der Waals surface area contributed by atoms with Crippen molar-refractivity contribution in [2.75, 3.05) is 53.1 Å². The minimum atomic E-state index is -0.424. The van der Waals surface area contributed by atoms with E-state index in [0.29, 0.717) is 12.3 Å². The lowest BCUT2D eigenvalue weighted by molar-refractivity contribution is 0.0384. The fourth-order valence-electron chi connectivity index (χ4n) is 4.17. The second-order valence-corrected chi connectivity index (χ2v) is 7.62. The summed E-state index contributed by atoms with van der Waals surface area (Å²) in [6.45, 7) is 8.62. The molecule has 0 aliphatic carbocycles. The summed E-state index contributed by atoms with van der Waals surface area (Å²) in [4.78, 5) is 22.7. The number of hydrogen-bond donors (Lipinski definition) is 2. The molecular weight excluding hydrogens is 396 g/mol. The number of nitrogens with one attached hydrogen (secondary N) is 2. The van der Waals surface area contributed by atoms with E-state index in [-0.39, 0.29) is 6.61 Å². The smallest absolute Gasteiger partial charge is 0.357 e. The zero-order valence-corrected chi connectivity index (χ0v) is 18.2. The number of fused-ring (bicyclic) bond motifs is 3. The second-order valence-electron chi connectivity index (χ2n) is 7.62. The summed E-state index contributed by atoms with van der Waals surface area (Å²) >= 11 is 0. The zero-order valence-electron chi connectivity index (χ0n) is 18.2. The standard InChI is InChI=1S/C23H30N4O4/c1-3-31-23(28)22-17(15-29-2)21-19(14-25-22)26-18-6-4-5-16(20(18)21)13-24-7-8-27-9-11-30-12-10-27/h4-6,14,24,26H,3,7-13,15H2,1-2H3. The van der Waals surface area contributed by atoms with Crippen LogP contribution in [0, 0.1) is 0 Å². The largest absolute Gasteiger partial charge is 0.461 e. The number of morpholine rings is 1. The van der Waals surface area contributed by atoms with Gasteiger partial charge < -0.3 is 24.5 Å². The molecule has 8 nitrogen and oxygen atoms in total. The summed E-state index contributed by atoms with van der Waals surface area (Å²) in [6, 6.07) is 6.22. The van der Waals surface area contributed by atoms with Crippen LogP contribution in [-0.4, -0.2) is 73.9 Å². The Kier molecular flexibility index (Phi) is 7.14. The third-order valence-electron chi connectivity index (χ3n) is 5.63. The molecule has 1 aliphatic rings. The first-order valence-corrected chi connectivity index (χ1v) is 10.8. The maximum absolute atomic E-state index is 12.5. The quantitative estimate of drug-likeness (QED) is 0.401. The number of aromatic amines is 1. The Balaban J connectivity index is 1.64. The lowest BCUT2D eigenvalue weighted by Crippen LogP contribution is -2.40. The highest BCUT2D eigenvalue weighted by Crippen LogP contribution is 2.32. The minimum absolute atomic E-state index is 0.282. The van der Waals surface area contributed by atoms with Crippen LogP contribution in [0.3, 0.4) is 0 Å². The Morgan fingerprint density at radius 1 is 1.26 bits per heavy atom. The Morgan fingerprint density at radius 2 is 2.10 bits per heavy atom. The number of benzene rings is 1. The molecular formula is C23H30N4O4. The molecule has 0 atom stereocenters. The van der Waals surface area contributed by atoms with E-state index in [1.165, 1.54) is 5.56 Å². The molecule has 3 aromatic rings. The number of carbonyl (C=O) groups is 1. The van der Waals surface area contributed by atoms with E-state index in [2.05, 4.69) is 26.3 Å². The summed E-state index contributed by atoms with van der Waals surface area (Å²) in [5.74, 6) is -0.424. The number of aromatic nitrogens is 2. The lowest BCUT2D eigenvalue weighted by Gasteiger charge is -2.26. The molecule has 8 heteroatoms. The summed E-state index contributed by atoms with van der Waals surface area (Å²) in [7, 11) is 1.62. The van der Waals surface area contributed by atoms with Crippen molar-refractivity contribution in [3.05, 3.63) is 41.2 Å². The Morgan fingerprint density at radius 3 is 2.87 bits per heavy atom. The molecule has 0 spiro atoms. The van der Waals surface area contributed by atoms with Crippen LogP contribution in [0.25, 0.3) is 21.8 Å². The second kappa shape index (κ2) is 10.2. The van der Waals surface area contributed by atoms with Crippen LogP contribution in [0.4, 0.5) is 0 Å². The maximum Gasteiger partial charge on any atom is 0.357 e. The molecule has 1 fully saturated rings. The number of rotatable bonds is 9. The molecule has 4 rings (SSSR count). The van der Waals surface area contributed by atoms with Crippen molar-refractivity contribution in [1.29, 1.82) is 0 Å². The molecule has 0 amide bonds. The first kappa shape index (κ1) is 21.7. The van der Waals surface area contributed by atoms with Gasteiger partial charge in [0.05, 0.1) is 38.1 Å².